The van der Waals surface area contributed by atoms with Crippen LogP contribution in [0.2, 0.25) is 0 Å². The molecule has 0 saturated carbocycles. The fourth-order valence-electron chi connectivity index (χ4n) is 1.04. The van der Waals surface area contributed by atoms with Gasteiger partial charge in [-0.05, 0) is 6.92 Å². The molecule has 0 aromatic carbocycles. The van der Waals surface area contributed by atoms with Crippen molar-refractivity contribution in [1.82, 2.24) is 4.90 Å². The van der Waals surface area contributed by atoms with Crippen molar-refractivity contribution in [2.45, 2.75) is 17.1 Å². The maximum atomic E-state index is 11.2. The van der Waals surface area contributed by atoms with E-state index < -0.39 is 21.0 Å². The number of amides is 1. The number of halogens is 2. The second-order valence-electron chi connectivity index (χ2n) is 2.43. The number of carbonyl (C=O) groups excluding carboxylic acids is 1. The molecule has 1 fully saturated rings. The van der Waals surface area contributed by atoms with Crippen LogP contribution in [-0.2, 0) is 15.6 Å². The summed E-state index contributed by atoms with van der Waals surface area (Å²) in [6.45, 7) is 2.32. The molecule has 0 aromatic heterocycles. The van der Waals surface area contributed by atoms with Gasteiger partial charge in [0.05, 0.1) is 10.8 Å². The predicted octanol–water partition coefficient (Wildman–Crippen LogP) is 0.727. The van der Waals surface area contributed by atoms with Crippen molar-refractivity contribution in [3.63, 3.8) is 0 Å². The standard InChI is InChI=1S/C6H9Cl2NO2S/c1-2-9-4(10)3-12(11)6(8)5(9)7/h5-6H,2-3H2,1H3. The van der Waals surface area contributed by atoms with E-state index in [-0.39, 0.29) is 11.7 Å². The molecule has 6 heteroatoms. The van der Waals surface area contributed by atoms with E-state index in [2.05, 4.69) is 0 Å². The first-order valence-electron chi connectivity index (χ1n) is 3.52. The van der Waals surface area contributed by atoms with E-state index in [1.807, 2.05) is 6.92 Å². The molecule has 0 aliphatic carbocycles. The van der Waals surface area contributed by atoms with Gasteiger partial charge >= 0.3 is 0 Å². The van der Waals surface area contributed by atoms with Crippen LogP contribution in [0.1, 0.15) is 6.92 Å². The van der Waals surface area contributed by atoms with Gasteiger partial charge in [0.1, 0.15) is 16.0 Å². The molecule has 1 saturated heterocycles. The zero-order chi connectivity index (χ0) is 9.30. The van der Waals surface area contributed by atoms with Crippen LogP contribution in [0.15, 0.2) is 0 Å². The fourth-order valence-corrected chi connectivity index (χ4v) is 2.92. The number of hydrogen-bond donors (Lipinski definition) is 0. The number of rotatable bonds is 1. The van der Waals surface area contributed by atoms with Gasteiger partial charge < -0.3 is 4.90 Å². The summed E-state index contributed by atoms with van der Waals surface area (Å²) in [6.07, 6.45) is 0. The van der Waals surface area contributed by atoms with Crippen molar-refractivity contribution >= 4 is 39.9 Å². The van der Waals surface area contributed by atoms with Gasteiger partial charge in [0.25, 0.3) is 0 Å². The second kappa shape index (κ2) is 3.94. The Labute approximate surface area is 83.5 Å². The van der Waals surface area contributed by atoms with Crippen molar-refractivity contribution in [3.8, 4) is 0 Å². The van der Waals surface area contributed by atoms with Crippen molar-refractivity contribution in [3.05, 3.63) is 0 Å². The highest BCUT2D eigenvalue weighted by atomic mass is 35.5. The summed E-state index contributed by atoms with van der Waals surface area (Å²) < 4.78 is 10.5. The van der Waals surface area contributed by atoms with Crippen LogP contribution in [0.4, 0.5) is 0 Å². The van der Waals surface area contributed by atoms with E-state index in [9.17, 15) is 9.00 Å². The van der Waals surface area contributed by atoms with Gasteiger partial charge in [-0.3, -0.25) is 9.00 Å². The van der Waals surface area contributed by atoms with Crippen LogP contribution in [0.5, 0.6) is 0 Å². The smallest absolute Gasteiger partial charge is 0.236 e. The first-order chi connectivity index (χ1) is 5.57. The maximum Gasteiger partial charge on any atom is 0.236 e. The summed E-state index contributed by atoms with van der Waals surface area (Å²) >= 11 is 11.5. The summed E-state index contributed by atoms with van der Waals surface area (Å²) in [5.74, 6) is -0.196. The summed E-state index contributed by atoms with van der Waals surface area (Å²) in [5, 5.41) is 0. The highest BCUT2D eigenvalue weighted by Crippen LogP contribution is 2.23. The molecular weight excluding hydrogens is 221 g/mol. The molecular formula is C6H9Cl2NO2S. The molecule has 0 bridgehead atoms. The van der Waals surface area contributed by atoms with Gasteiger partial charge in [-0.25, -0.2) is 0 Å². The van der Waals surface area contributed by atoms with Gasteiger partial charge in [-0.2, -0.15) is 0 Å². The minimum Gasteiger partial charge on any atom is -0.323 e. The monoisotopic (exact) mass is 229 g/mol. The Morgan fingerprint density at radius 3 is 2.75 bits per heavy atom. The van der Waals surface area contributed by atoms with Crippen molar-refractivity contribution in [2.24, 2.45) is 0 Å². The third-order valence-corrected chi connectivity index (χ3v) is 4.58. The molecule has 0 N–H and O–H groups in total. The van der Waals surface area contributed by atoms with Crippen molar-refractivity contribution < 1.29 is 9.00 Å². The molecule has 1 heterocycles. The van der Waals surface area contributed by atoms with Gasteiger partial charge in [0.2, 0.25) is 5.91 Å². The van der Waals surface area contributed by atoms with Crippen molar-refractivity contribution in [1.29, 1.82) is 0 Å². The van der Waals surface area contributed by atoms with Gasteiger partial charge in [-0.1, -0.05) is 11.6 Å². The molecule has 1 aliphatic rings. The lowest BCUT2D eigenvalue weighted by molar-refractivity contribution is -0.129. The van der Waals surface area contributed by atoms with Crippen LogP contribution >= 0.6 is 23.2 Å². The van der Waals surface area contributed by atoms with Crippen LogP contribution in [0.3, 0.4) is 0 Å². The Morgan fingerprint density at radius 1 is 1.67 bits per heavy atom. The summed E-state index contributed by atoms with van der Waals surface area (Å²) in [4.78, 5) is 12.6. The van der Waals surface area contributed by atoms with E-state index in [0.29, 0.717) is 6.54 Å². The molecule has 1 rings (SSSR count). The zero-order valence-corrected chi connectivity index (χ0v) is 8.83. The summed E-state index contributed by atoms with van der Waals surface area (Å²) in [5.41, 5.74) is -0.640. The minimum absolute atomic E-state index is 0.00870. The number of hydrogen-bond acceptors (Lipinski definition) is 2. The van der Waals surface area contributed by atoms with Crippen LogP contribution in [0.25, 0.3) is 0 Å². The average molecular weight is 230 g/mol. The molecule has 3 unspecified atom stereocenters. The third kappa shape index (κ3) is 1.75. The lowest BCUT2D eigenvalue weighted by atomic mass is 10.4. The molecule has 3 nitrogen and oxygen atoms in total. The van der Waals surface area contributed by atoms with Crippen molar-refractivity contribution in [2.75, 3.05) is 12.3 Å². The molecule has 1 amide bonds. The first kappa shape index (κ1) is 10.3. The number of carbonyl (C=O) groups is 1. The van der Waals surface area contributed by atoms with Crippen LogP contribution in [0, 0.1) is 0 Å². The minimum atomic E-state index is -1.33. The van der Waals surface area contributed by atoms with Gasteiger partial charge in [0, 0.05) is 6.54 Å². The molecule has 0 radical (unpaired) electrons. The quantitative estimate of drug-likeness (QED) is 0.492. The maximum absolute atomic E-state index is 11.2. The Bertz CT molecular complexity index is 224. The Balaban J connectivity index is 2.79. The second-order valence-corrected chi connectivity index (χ2v) is 5.16. The lowest BCUT2D eigenvalue weighted by Gasteiger charge is -2.33. The number of alkyl halides is 2. The van der Waals surface area contributed by atoms with E-state index >= 15 is 0 Å². The normalized spacial score (nSPS) is 37.1. The van der Waals surface area contributed by atoms with Gasteiger partial charge in [0.15, 0.2) is 0 Å². The predicted molar refractivity (Wildman–Crippen MR) is 49.7 cm³/mol. The Morgan fingerprint density at radius 2 is 2.25 bits per heavy atom. The lowest BCUT2D eigenvalue weighted by Crippen LogP contribution is -2.50. The summed E-state index contributed by atoms with van der Waals surface area (Å²) in [6, 6.07) is 0. The van der Waals surface area contributed by atoms with E-state index in [1.165, 1.54) is 4.90 Å². The highest BCUT2D eigenvalue weighted by Gasteiger charge is 2.37. The highest BCUT2D eigenvalue weighted by molar-refractivity contribution is 7.87. The Kier molecular flexibility index (Phi) is 3.37. The van der Waals surface area contributed by atoms with E-state index in [0.717, 1.165) is 0 Å². The average Bonchev–Trinajstić information content (AvgIpc) is 2.01. The topological polar surface area (TPSA) is 37.4 Å². The largest absolute Gasteiger partial charge is 0.323 e. The molecule has 12 heavy (non-hydrogen) atoms. The molecule has 0 aromatic rings. The molecule has 0 spiro atoms. The van der Waals surface area contributed by atoms with Crippen LogP contribution < -0.4 is 0 Å². The Hall–Kier alpha value is 0.200. The molecule has 70 valence electrons. The van der Waals surface area contributed by atoms with Gasteiger partial charge in [-0.15, -0.1) is 11.6 Å². The third-order valence-electron chi connectivity index (χ3n) is 1.69. The SMILES string of the molecule is CCN1C(=O)CS(=O)C(Cl)C1Cl. The van der Waals surface area contributed by atoms with E-state index in [1.54, 1.807) is 0 Å². The first-order valence-corrected chi connectivity index (χ1v) is 5.78. The zero-order valence-electron chi connectivity index (χ0n) is 6.50. The summed E-state index contributed by atoms with van der Waals surface area (Å²) in [7, 11) is -1.33. The van der Waals surface area contributed by atoms with E-state index in [4.69, 9.17) is 23.2 Å². The van der Waals surface area contributed by atoms with Crippen LogP contribution in [-0.4, -0.2) is 37.5 Å². The fraction of sp³-hybridized carbons (Fsp3) is 0.833. The molecule has 3 atom stereocenters. The number of nitrogens with zero attached hydrogens (tertiary/aromatic N) is 1. The molecule has 1 aliphatic heterocycles.